The van der Waals surface area contributed by atoms with Gasteiger partial charge in [-0.2, -0.15) is 0 Å². The predicted molar refractivity (Wildman–Crippen MR) is 80.9 cm³/mol. The van der Waals surface area contributed by atoms with E-state index in [1.807, 2.05) is 24.3 Å². The van der Waals surface area contributed by atoms with E-state index in [1.54, 1.807) is 25.6 Å². The molecule has 3 aromatic heterocycles. The third-order valence-corrected chi connectivity index (χ3v) is 3.34. The second kappa shape index (κ2) is 5.53. The van der Waals surface area contributed by atoms with E-state index < -0.39 is 0 Å². The lowest BCUT2D eigenvalue weighted by molar-refractivity contribution is 0.415. The maximum atomic E-state index is 5.66. The van der Waals surface area contributed by atoms with E-state index in [2.05, 4.69) is 20.2 Å². The van der Waals surface area contributed by atoms with Crippen LogP contribution in [0, 0.1) is 0 Å². The molecule has 7 heteroatoms. The maximum Gasteiger partial charge on any atom is 0.247 e. The van der Waals surface area contributed by atoms with Gasteiger partial charge in [0.1, 0.15) is 17.7 Å². The molecular weight excluding hydrogens is 296 g/mol. The van der Waals surface area contributed by atoms with Gasteiger partial charge in [0, 0.05) is 17.8 Å². The van der Waals surface area contributed by atoms with Crippen LogP contribution in [0.4, 0.5) is 0 Å². The fourth-order valence-electron chi connectivity index (χ4n) is 2.21. The van der Waals surface area contributed by atoms with Crippen LogP contribution in [0.5, 0.6) is 5.75 Å². The number of aromatic nitrogens is 4. The normalized spacial score (nSPS) is 11.0. The standard InChI is InChI=1S/C16H12N4O3/c1-21-11-4-2-10(3-5-11)16-20-19-15(23-16)8-14-18-12-9-17-7-6-13(12)22-14/h2-7,9H,8H2,1H3. The summed E-state index contributed by atoms with van der Waals surface area (Å²) in [5, 5.41) is 8.09. The van der Waals surface area contributed by atoms with Gasteiger partial charge in [-0.1, -0.05) is 0 Å². The van der Waals surface area contributed by atoms with Crippen molar-refractivity contribution in [1.29, 1.82) is 0 Å². The fourth-order valence-corrected chi connectivity index (χ4v) is 2.21. The van der Waals surface area contributed by atoms with Gasteiger partial charge in [-0.05, 0) is 24.3 Å². The van der Waals surface area contributed by atoms with E-state index in [-0.39, 0.29) is 0 Å². The van der Waals surface area contributed by atoms with Crippen LogP contribution in [-0.4, -0.2) is 27.3 Å². The van der Waals surface area contributed by atoms with Crippen molar-refractivity contribution in [3.63, 3.8) is 0 Å². The lowest BCUT2D eigenvalue weighted by Crippen LogP contribution is -1.87. The molecule has 0 aliphatic carbocycles. The molecule has 0 N–H and O–H groups in total. The molecule has 0 saturated carbocycles. The van der Waals surface area contributed by atoms with Crippen LogP contribution >= 0.6 is 0 Å². The number of benzene rings is 1. The van der Waals surface area contributed by atoms with Gasteiger partial charge >= 0.3 is 0 Å². The predicted octanol–water partition coefficient (Wildman–Crippen LogP) is 2.87. The Morgan fingerprint density at radius 2 is 1.87 bits per heavy atom. The molecule has 0 fully saturated rings. The van der Waals surface area contributed by atoms with Gasteiger partial charge in [0.05, 0.1) is 13.3 Å². The first-order valence-electron chi connectivity index (χ1n) is 6.98. The van der Waals surface area contributed by atoms with Gasteiger partial charge < -0.3 is 13.6 Å². The molecule has 3 heterocycles. The van der Waals surface area contributed by atoms with E-state index in [1.165, 1.54) is 0 Å². The van der Waals surface area contributed by atoms with Crippen molar-refractivity contribution in [2.24, 2.45) is 0 Å². The first-order chi connectivity index (χ1) is 11.3. The van der Waals surface area contributed by atoms with Crippen molar-refractivity contribution in [3.05, 3.63) is 54.5 Å². The summed E-state index contributed by atoms with van der Waals surface area (Å²) in [6, 6.07) is 9.17. The van der Waals surface area contributed by atoms with E-state index in [0.717, 1.165) is 11.3 Å². The molecule has 0 atom stereocenters. The number of oxazole rings is 1. The van der Waals surface area contributed by atoms with Gasteiger partial charge in [0.25, 0.3) is 0 Å². The zero-order valence-corrected chi connectivity index (χ0v) is 12.3. The summed E-state index contributed by atoms with van der Waals surface area (Å²) in [6.07, 6.45) is 3.64. The SMILES string of the molecule is COc1ccc(-c2nnc(Cc3nc4cnccc4o3)o2)cc1. The van der Waals surface area contributed by atoms with Crippen LogP contribution in [0.1, 0.15) is 11.8 Å². The number of fused-ring (bicyclic) bond motifs is 1. The number of nitrogens with zero attached hydrogens (tertiary/aromatic N) is 4. The highest BCUT2D eigenvalue weighted by molar-refractivity contribution is 5.70. The van der Waals surface area contributed by atoms with Crippen molar-refractivity contribution in [2.45, 2.75) is 6.42 Å². The molecule has 0 aliphatic heterocycles. The summed E-state index contributed by atoms with van der Waals surface area (Å²) in [7, 11) is 1.62. The van der Waals surface area contributed by atoms with Crippen molar-refractivity contribution in [2.75, 3.05) is 7.11 Å². The largest absolute Gasteiger partial charge is 0.497 e. The molecule has 4 aromatic rings. The summed E-state index contributed by atoms with van der Waals surface area (Å²) < 4.78 is 16.4. The van der Waals surface area contributed by atoms with Crippen LogP contribution in [0.15, 0.2) is 51.6 Å². The average Bonchev–Trinajstić information content (AvgIpc) is 3.21. The van der Waals surface area contributed by atoms with Crippen LogP contribution < -0.4 is 4.74 Å². The van der Waals surface area contributed by atoms with Gasteiger partial charge in [-0.3, -0.25) is 4.98 Å². The highest BCUT2D eigenvalue weighted by atomic mass is 16.5. The summed E-state index contributed by atoms with van der Waals surface area (Å²) in [6.45, 7) is 0. The molecule has 7 nitrogen and oxygen atoms in total. The minimum Gasteiger partial charge on any atom is -0.497 e. The van der Waals surface area contributed by atoms with Crippen LogP contribution in [0.2, 0.25) is 0 Å². The van der Waals surface area contributed by atoms with Crippen molar-refractivity contribution < 1.29 is 13.6 Å². The van der Waals surface area contributed by atoms with Crippen molar-refractivity contribution in [1.82, 2.24) is 20.2 Å². The quantitative estimate of drug-likeness (QED) is 0.572. The molecule has 0 unspecified atom stereocenters. The Hall–Kier alpha value is -3.22. The average molecular weight is 308 g/mol. The summed E-state index contributed by atoms with van der Waals surface area (Å²) in [5.74, 6) is 2.17. The minimum absolute atomic E-state index is 0.331. The molecule has 4 rings (SSSR count). The van der Waals surface area contributed by atoms with E-state index in [4.69, 9.17) is 13.6 Å². The molecule has 23 heavy (non-hydrogen) atoms. The number of pyridine rings is 1. The molecule has 114 valence electrons. The molecule has 0 spiro atoms. The van der Waals surface area contributed by atoms with Gasteiger partial charge in [0.2, 0.25) is 17.7 Å². The van der Waals surface area contributed by atoms with Crippen molar-refractivity contribution in [3.8, 4) is 17.2 Å². The Labute approximate surface area is 131 Å². The van der Waals surface area contributed by atoms with Crippen LogP contribution in [-0.2, 0) is 6.42 Å². The van der Waals surface area contributed by atoms with E-state index in [0.29, 0.717) is 35.2 Å². The molecule has 0 bridgehead atoms. The van der Waals surface area contributed by atoms with Crippen LogP contribution in [0.25, 0.3) is 22.6 Å². The zero-order valence-electron chi connectivity index (χ0n) is 12.3. The smallest absolute Gasteiger partial charge is 0.247 e. The number of ether oxygens (including phenoxy) is 1. The van der Waals surface area contributed by atoms with E-state index >= 15 is 0 Å². The van der Waals surface area contributed by atoms with Crippen LogP contribution in [0.3, 0.4) is 0 Å². The Bertz CT molecular complexity index is 910. The summed E-state index contributed by atoms with van der Waals surface area (Å²) in [4.78, 5) is 8.35. The Morgan fingerprint density at radius 3 is 2.65 bits per heavy atom. The number of hydrogen-bond donors (Lipinski definition) is 0. The first kappa shape index (κ1) is 13.4. The highest BCUT2D eigenvalue weighted by Gasteiger charge is 2.13. The molecule has 0 radical (unpaired) electrons. The summed E-state index contributed by atoms with van der Waals surface area (Å²) in [5.41, 5.74) is 2.22. The second-order valence-electron chi connectivity index (χ2n) is 4.86. The number of rotatable bonds is 4. The Kier molecular flexibility index (Phi) is 3.23. The summed E-state index contributed by atoms with van der Waals surface area (Å²) >= 11 is 0. The number of hydrogen-bond acceptors (Lipinski definition) is 7. The highest BCUT2D eigenvalue weighted by Crippen LogP contribution is 2.22. The second-order valence-corrected chi connectivity index (χ2v) is 4.86. The molecular formula is C16H12N4O3. The molecule has 0 aliphatic rings. The molecule has 0 amide bonds. The molecule has 1 aromatic carbocycles. The minimum atomic E-state index is 0.331. The zero-order chi connectivity index (χ0) is 15.6. The lowest BCUT2D eigenvalue weighted by Gasteiger charge is -1.99. The first-order valence-corrected chi connectivity index (χ1v) is 6.98. The lowest BCUT2D eigenvalue weighted by atomic mass is 10.2. The Morgan fingerprint density at radius 1 is 1.00 bits per heavy atom. The van der Waals surface area contributed by atoms with Crippen molar-refractivity contribution >= 4 is 11.1 Å². The fraction of sp³-hybridized carbons (Fsp3) is 0.125. The topological polar surface area (TPSA) is 87.1 Å². The third kappa shape index (κ3) is 2.64. The molecule has 0 saturated heterocycles. The monoisotopic (exact) mass is 308 g/mol. The Balaban J connectivity index is 1.57. The van der Waals surface area contributed by atoms with Gasteiger partial charge in [-0.25, -0.2) is 4.98 Å². The number of methoxy groups -OCH3 is 1. The maximum absolute atomic E-state index is 5.66. The van der Waals surface area contributed by atoms with Gasteiger partial charge in [0.15, 0.2) is 5.58 Å². The van der Waals surface area contributed by atoms with Gasteiger partial charge in [-0.15, -0.1) is 10.2 Å². The van der Waals surface area contributed by atoms with E-state index in [9.17, 15) is 0 Å². The third-order valence-electron chi connectivity index (χ3n) is 3.34.